The van der Waals surface area contributed by atoms with E-state index in [1.54, 1.807) is 31.3 Å². The van der Waals surface area contributed by atoms with Gasteiger partial charge in [0.1, 0.15) is 0 Å². The van der Waals surface area contributed by atoms with E-state index in [0.29, 0.717) is 18.2 Å². The minimum Gasteiger partial charge on any atom is -0.273 e. The lowest BCUT2D eigenvalue weighted by Crippen LogP contribution is -2.50. The van der Waals surface area contributed by atoms with Gasteiger partial charge in [-0.05, 0) is 22.9 Å². The van der Waals surface area contributed by atoms with Crippen LogP contribution in [-0.2, 0) is 22.4 Å². The number of nitrogens with zero attached hydrogens (tertiary/aromatic N) is 4. The number of benzene rings is 1. The van der Waals surface area contributed by atoms with Crippen LogP contribution in [0.1, 0.15) is 9.75 Å². The number of aromatic nitrogens is 1. The third kappa shape index (κ3) is 5.90. The van der Waals surface area contributed by atoms with E-state index >= 15 is 0 Å². The molecule has 0 radical (unpaired) electrons. The minimum atomic E-state index is -0.952. The molecule has 0 bridgehead atoms. The molecule has 1 aromatic carbocycles. The van der Waals surface area contributed by atoms with Crippen molar-refractivity contribution in [1.29, 1.82) is 0 Å². The lowest BCUT2D eigenvalue weighted by Gasteiger charge is -2.36. The van der Waals surface area contributed by atoms with Crippen molar-refractivity contribution in [3.05, 3.63) is 80.5 Å². The summed E-state index contributed by atoms with van der Waals surface area (Å²) in [6.07, 6.45) is 2.97. The maximum Gasteiger partial charge on any atom is 0.251 e. The molecule has 178 valence electrons. The first-order valence-electron chi connectivity index (χ1n) is 11.1. The Kier molecular flexibility index (Phi) is 7.72. The smallest absolute Gasteiger partial charge is 0.251 e. The van der Waals surface area contributed by atoms with Gasteiger partial charge in [0.05, 0.1) is 17.8 Å². The largest absolute Gasteiger partial charge is 0.273 e. The Balaban J connectivity index is 1.32. The van der Waals surface area contributed by atoms with Gasteiger partial charge in [-0.2, -0.15) is 0 Å². The Morgan fingerprint density at radius 1 is 0.829 bits per heavy atom. The van der Waals surface area contributed by atoms with Crippen LogP contribution in [0.4, 0.5) is 5.13 Å². The average Bonchev–Trinajstić information content (AvgIpc) is 3.67. The van der Waals surface area contributed by atoms with Crippen molar-refractivity contribution in [3.8, 4) is 11.3 Å². The molecule has 1 aliphatic heterocycles. The van der Waals surface area contributed by atoms with Crippen LogP contribution >= 0.6 is 46.1 Å². The van der Waals surface area contributed by atoms with Crippen molar-refractivity contribution in [3.63, 3.8) is 0 Å². The Morgan fingerprint density at radius 3 is 2.03 bits per heavy atom. The van der Waals surface area contributed by atoms with Crippen LogP contribution < -0.4 is 0 Å². The van der Waals surface area contributed by atoms with Crippen LogP contribution in [0.25, 0.3) is 11.3 Å². The van der Waals surface area contributed by atoms with Gasteiger partial charge in [-0.15, -0.1) is 34.0 Å². The molecular formula is C25H22N4O2S4. The normalized spacial score (nSPS) is 15.0. The van der Waals surface area contributed by atoms with Crippen molar-refractivity contribution < 1.29 is 9.59 Å². The SMILES string of the molecule is O=C1C(C=Nc2nc(-c3ccccc3)cs2)C(=O)N(CCc2cccs2)SN1CCc1cccs1. The Labute approximate surface area is 220 Å². The van der Waals surface area contributed by atoms with Gasteiger partial charge in [-0.3, -0.25) is 18.2 Å². The van der Waals surface area contributed by atoms with Crippen molar-refractivity contribution in [1.82, 2.24) is 13.6 Å². The third-order valence-electron chi connectivity index (χ3n) is 5.40. The molecule has 2 amide bonds. The molecule has 0 aliphatic carbocycles. The van der Waals surface area contributed by atoms with Gasteiger partial charge >= 0.3 is 0 Å². The van der Waals surface area contributed by atoms with Gasteiger partial charge < -0.3 is 0 Å². The van der Waals surface area contributed by atoms with Crippen LogP contribution in [0.3, 0.4) is 0 Å². The quantitative estimate of drug-likeness (QED) is 0.150. The average molecular weight is 539 g/mol. The maximum absolute atomic E-state index is 13.3. The molecule has 0 spiro atoms. The van der Waals surface area contributed by atoms with Crippen molar-refractivity contribution in [2.75, 3.05) is 13.1 Å². The predicted molar refractivity (Wildman–Crippen MR) is 146 cm³/mol. The molecule has 1 saturated heterocycles. The summed E-state index contributed by atoms with van der Waals surface area (Å²) in [6, 6.07) is 18.0. The summed E-state index contributed by atoms with van der Waals surface area (Å²) in [4.78, 5) is 38.0. The zero-order valence-corrected chi connectivity index (χ0v) is 21.9. The summed E-state index contributed by atoms with van der Waals surface area (Å²) in [5.41, 5.74) is 1.83. The summed E-state index contributed by atoms with van der Waals surface area (Å²) in [6.45, 7) is 1.07. The molecule has 0 unspecified atom stereocenters. The minimum absolute atomic E-state index is 0.229. The molecule has 3 aromatic heterocycles. The fourth-order valence-electron chi connectivity index (χ4n) is 3.58. The van der Waals surface area contributed by atoms with E-state index in [2.05, 4.69) is 22.1 Å². The maximum atomic E-state index is 13.3. The molecular weight excluding hydrogens is 517 g/mol. The lowest BCUT2D eigenvalue weighted by molar-refractivity contribution is -0.140. The van der Waals surface area contributed by atoms with E-state index in [1.165, 1.54) is 39.4 Å². The first-order valence-corrected chi connectivity index (χ1v) is 14.4. The first kappa shape index (κ1) is 23.9. The standard InChI is InChI=1S/C25H22N4O2S4/c30-23-21(16-26-25-27-22(17-34-25)18-6-2-1-3-7-18)24(31)29(13-11-20-9-5-15-33-20)35-28(23)12-10-19-8-4-14-32-19/h1-9,14-17,21H,10-13H2. The van der Waals surface area contributed by atoms with Crippen LogP contribution in [-0.4, -0.2) is 44.7 Å². The number of carbonyl (C=O) groups is 2. The summed E-state index contributed by atoms with van der Waals surface area (Å²) in [7, 11) is 0. The highest BCUT2D eigenvalue weighted by atomic mass is 32.2. The Morgan fingerprint density at radius 2 is 1.46 bits per heavy atom. The second-order valence-corrected chi connectivity index (χ2v) is 11.7. The molecule has 0 N–H and O–H groups in total. The summed E-state index contributed by atoms with van der Waals surface area (Å²) >= 11 is 5.96. The zero-order chi connectivity index (χ0) is 24.0. The van der Waals surface area contributed by atoms with E-state index in [4.69, 9.17) is 0 Å². The fourth-order valence-corrected chi connectivity index (χ4v) is 6.63. The van der Waals surface area contributed by atoms with Gasteiger partial charge in [0, 0.05) is 52.8 Å². The van der Waals surface area contributed by atoms with E-state index in [-0.39, 0.29) is 11.8 Å². The number of thiazole rings is 1. The van der Waals surface area contributed by atoms with Crippen LogP contribution in [0, 0.1) is 5.92 Å². The van der Waals surface area contributed by atoms with Crippen LogP contribution in [0.5, 0.6) is 0 Å². The number of carbonyl (C=O) groups excluding carboxylic acids is 2. The van der Waals surface area contributed by atoms with E-state index in [0.717, 1.165) is 24.1 Å². The van der Waals surface area contributed by atoms with Crippen LogP contribution in [0.2, 0.25) is 0 Å². The lowest BCUT2D eigenvalue weighted by atomic mass is 10.1. The van der Waals surface area contributed by atoms with Crippen molar-refractivity contribution in [2.24, 2.45) is 10.9 Å². The molecule has 4 aromatic rings. The van der Waals surface area contributed by atoms with Crippen molar-refractivity contribution >= 4 is 69.3 Å². The van der Waals surface area contributed by atoms with Crippen molar-refractivity contribution in [2.45, 2.75) is 12.8 Å². The van der Waals surface area contributed by atoms with Gasteiger partial charge in [0.25, 0.3) is 11.8 Å². The molecule has 0 saturated carbocycles. The molecule has 1 aliphatic rings. The van der Waals surface area contributed by atoms with Gasteiger partial charge in [-0.1, -0.05) is 42.5 Å². The number of thiophene rings is 2. The number of aliphatic imine (C=N–C) groups is 1. The zero-order valence-electron chi connectivity index (χ0n) is 18.6. The molecule has 35 heavy (non-hydrogen) atoms. The summed E-state index contributed by atoms with van der Waals surface area (Å²) in [5.74, 6) is -1.41. The van der Waals surface area contributed by atoms with Gasteiger partial charge in [0.2, 0.25) is 5.13 Å². The third-order valence-corrected chi connectivity index (χ3v) is 9.14. The molecule has 4 heterocycles. The summed E-state index contributed by atoms with van der Waals surface area (Å²) in [5, 5.41) is 6.52. The van der Waals surface area contributed by atoms with E-state index in [1.807, 2.05) is 58.6 Å². The first-order chi connectivity index (χ1) is 17.2. The number of hydrogen-bond donors (Lipinski definition) is 0. The predicted octanol–water partition coefficient (Wildman–Crippen LogP) is 5.97. The second kappa shape index (κ2) is 11.3. The number of rotatable bonds is 9. The highest BCUT2D eigenvalue weighted by Crippen LogP contribution is 2.31. The van der Waals surface area contributed by atoms with E-state index in [9.17, 15) is 9.59 Å². The van der Waals surface area contributed by atoms with Crippen LogP contribution in [0.15, 0.2) is 75.7 Å². The van der Waals surface area contributed by atoms with Gasteiger partial charge in [-0.25, -0.2) is 9.98 Å². The number of amides is 2. The highest BCUT2D eigenvalue weighted by Gasteiger charge is 2.40. The number of hydrogen-bond acceptors (Lipinski definition) is 8. The Bertz CT molecular complexity index is 1230. The van der Waals surface area contributed by atoms with Gasteiger partial charge in [0.15, 0.2) is 5.92 Å². The highest BCUT2D eigenvalue weighted by molar-refractivity contribution is 7.95. The monoisotopic (exact) mass is 538 g/mol. The summed E-state index contributed by atoms with van der Waals surface area (Å²) < 4.78 is 3.40. The fraction of sp³-hybridized carbons (Fsp3) is 0.200. The molecule has 6 nitrogen and oxygen atoms in total. The second-order valence-electron chi connectivity index (χ2n) is 7.76. The molecule has 1 fully saturated rings. The topological polar surface area (TPSA) is 65.9 Å². The Hall–Kier alpha value is -2.79. The molecule has 0 atom stereocenters. The van der Waals surface area contributed by atoms with E-state index < -0.39 is 5.92 Å². The molecule has 10 heteroatoms. The molecule has 5 rings (SSSR count).